The Labute approximate surface area is 111 Å². The first kappa shape index (κ1) is 13.1. The zero-order valence-electron chi connectivity index (χ0n) is 10.4. The fourth-order valence-corrected chi connectivity index (χ4v) is 2.71. The van der Waals surface area contributed by atoms with Crippen molar-refractivity contribution in [2.75, 3.05) is 6.54 Å². The van der Waals surface area contributed by atoms with Crippen LogP contribution in [0.15, 0.2) is 4.47 Å². The van der Waals surface area contributed by atoms with E-state index in [2.05, 4.69) is 33.3 Å². The molecule has 5 heteroatoms. The van der Waals surface area contributed by atoms with Gasteiger partial charge in [0.2, 0.25) is 0 Å². The van der Waals surface area contributed by atoms with E-state index in [4.69, 9.17) is 0 Å². The smallest absolute Gasteiger partial charge is 0.0766 e. The number of aromatic nitrogens is 2. The molecule has 1 saturated carbocycles. The highest BCUT2D eigenvalue weighted by molar-refractivity contribution is 9.10. The van der Waals surface area contributed by atoms with Crippen LogP contribution in [0.4, 0.5) is 0 Å². The fourth-order valence-electron chi connectivity index (χ4n) is 1.93. The lowest BCUT2D eigenvalue weighted by Gasteiger charge is -2.12. The minimum Gasteiger partial charge on any atom is -0.391 e. The number of aryl methyl sites for hydroxylation is 2. The lowest BCUT2D eigenvalue weighted by molar-refractivity contribution is 0.169. The Balaban J connectivity index is 1.93. The summed E-state index contributed by atoms with van der Waals surface area (Å²) in [5.41, 5.74) is 2.14. The first-order valence-corrected chi connectivity index (χ1v) is 7.02. The summed E-state index contributed by atoms with van der Waals surface area (Å²) >= 11 is 3.57. The summed E-state index contributed by atoms with van der Waals surface area (Å²) in [6.07, 6.45) is 3.71. The number of aliphatic hydroxyl groups is 1. The molecule has 1 atom stereocenters. The molecule has 2 rings (SSSR count). The highest BCUT2D eigenvalue weighted by atomic mass is 79.9. The second kappa shape index (κ2) is 5.50. The molecule has 1 heterocycles. The normalized spacial score (nSPS) is 17.4. The van der Waals surface area contributed by atoms with E-state index < -0.39 is 0 Å². The minimum absolute atomic E-state index is 0.341. The quantitative estimate of drug-likeness (QED) is 0.835. The molecule has 0 amide bonds. The van der Waals surface area contributed by atoms with Gasteiger partial charge in [0.1, 0.15) is 0 Å². The van der Waals surface area contributed by atoms with Crippen LogP contribution >= 0.6 is 15.9 Å². The van der Waals surface area contributed by atoms with Gasteiger partial charge in [-0.2, -0.15) is 5.10 Å². The number of nitrogens with one attached hydrogen (secondary N) is 1. The van der Waals surface area contributed by atoms with Crippen LogP contribution in [0.3, 0.4) is 0 Å². The van der Waals surface area contributed by atoms with Crippen molar-refractivity contribution in [1.82, 2.24) is 15.1 Å². The summed E-state index contributed by atoms with van der Waals surface area (Å²) < 4.78 is 2.91. The number of hydrogen-bond acceptors (Lipinski definition) is 3. The van der Waals surface area contributed by atoms with E-state index in [0.717, 1.165) is 22.3 Å². The van der Waals surface area contributed by atoms with E-state index >= 15 is 0 Å². The average molecular weight is 302 g/mol. The summed E-state index contributed by atoms with van der Waals surface area (Å²) in [5, 5.41) is 17.8. The Morgan fingerprint density at radius 1 is 1.59 bits per heavy atom. The van der Waals surface area contributed by atoms with Crippen molar-refractivity contribution in [3.63, 3.8) is 0 Å². The van der Waals surface area contributed by atoms with Crippen molar-refractivity contribution in [3.8, 4) is 0 Å². The Morgan fingerprint density at radius 2 is 2.29 bits per heavy atom. The van der Waals surface area contributed by atoms with Crippen LogP contribution in [0.1, 0.15) is 31.2 Å². The summed E-state index contributed by atoms with van der Waals surface area (Å²) in [7, 11) is 1.93. The molecular weight excluding hydrogens is 282 g/mol. The zero-order chi connectivity index (χ0) is 12.4. The lowest BCUT2D eigenvalue weighted by Crippen LogP contribution is -2.30. The van der Waals surface area contributed by atoms with E-state index in [1.807, 2.05) is 11.7 Å². The van der Waals surface area contributed by atoms with Gasteiger partial charge in [0.25, 0.3) is 0 Å². The van der Waals surface area contributed by atoms with Gasteiger partial charge >= 0.3 is 0 Å². The topological polar surface area (TPSA) is 50.1 Å². The van der Waals surface area contributed by atoms with Crippen molar-refractivity contribution >= 4 is 15.9 Å². The van der Waals surface area contributed by atoms with E-state index in [0.29, 0.717) is 19.0 Å². The van der Waals surface area contributed by atoms with Crippen LogP contribution in [0.2, 0.25) is 0 Å². The number of rotatable bonds is 6. The minimum atomic E-state index is -0.341. The molecule has 0 aliphatic heterocycles. The average Bonchev–Trinajstić information content (AvgIpc) is 3.09. The van der Waals surface area contributed by atoms with Gasteiger partial charge in [0.05, 0.1) is 22.0 Å². The molecule has 0 aromatic carbocycles. The Kier molecular flexibility index (Phi) is 4.22. The summed E-state index contributed by atoms with van der Waals surface area (Å²) in [6.45, 7) is 2.76. The van der Waals surface area contributed by atoms with Crippen LogP contribution in [-0.2, 0) is 19.9 Å². The third-order valence-corrected chi connectivity index (χ3v) is 4.07. The molecular formula is C12H20BrN3O. The summed E-state index contributed by atoms with van der Waals surface area (Å²) in [6, 6.07) is 0.644. The highest BCUT2D eigenvalue weighted by Gasteiger charge is 2.22. The summed E-state index contributed by atoms with van der Waals surface area (Å²) in [5.74, 6) is 0. The van der Waals surface area contributed by atoms with Crippen LogP contribution in [-0.4, -0.2) is 33.6 Å². The third kappa shape index (κ3) is 3.30. The number of nitrogens with zero attached hydrogens (tertiary/aromatic N) is 2. The Morgan fingerprint density at radius 3 is 2.82 bits per heavy atom. The van der Waals surface area contributed by atoms with Crippen molar-refractivity contribution in [3.05, 3.63) is 15.9 Å². The van der Waals surface area contributed by atoms with Crippen molar-refractivity contribution in [1.29, 1.82) is 0 Å². The van der Waals surface area contributed by atoms with Crippen LogP contribution in [0.5, 0.6) is 0 Å². The molecule has 2 N–H and O–H groups in total. The first-order chi connectivity index (χ1) is 8.11. The van der Waals surface area contributed by atoms with Crippen LogP contribution in [0, 0.1) is 0 Å². The number of aliphatic hydroxyl groups excluding tert-OH is 1. The SMILES string of the molecule is CCc1nn(C)c(CC(O)CNC2CC2)c1Br. The first-order valence-electron chi connectivity index (χ1n) is 6.23. The van der Waals surface area contributed by atoms with E-state index in [1.165, 1.54) is 12.8 Å². The van der Waals surface area contributed by atoms with Gasteiger partial charge in [-0.1, -0.05) is 6.92 Å². The van der Waals surface area contributed by atoms with E-state index in [-0.39, 0.29) is 6.10 Å². The largest absolute Gasteiger partial charge is 0.391 e. The van der Waals surface area contributed by atoms with Crippen molar-refractivity contribution in [2.24, 2.45) is 7.05 Å². The van der Waals surface area contributed by atoms with Crippen molar-refractivity contribution < 1.29 is 5.11 Å². The zero-order valence-corrected chi connectivity index (χ0v) is 12.0. The summed E-state index contributed by atoms with van der Waals surface area (Å²) in [4.78, 5) is 0. The van der Waals surface area contributed by atoms with E-state index in [9.17, 15) is 5.11 Å². The molecule has 1 unspecified atom stereocenters. The molecule has 1 aliphatic rings. The third-order valence-electron chi connectivity index (χ3n) is 3.15. The van der Waals surface area contributed by atoms with Gasteiger partial charge in [0, 0.05) is 26.1 Å². The molecule has 1 fully saturated rings. The molecule has 1 aromatic heterocycles. The van der Waals surface area contributed by atoms with Gasteiger partial charge in [-0.15, -0.1) is 0 Å². The molecule has 0 spiro atoms. The maximum Gasteiger partial charge on any atom is 0.0766 e. The van der Waals surface area contributed by atoms with Crippen LogP contribution < -0.4 is 5.32 Å². The van der Waals surface area contributed by atoms with Gasteiger partial charge in [-0.05, 0) is 35.2 Å². The molecule has 96 valence electrons. The van der Waals surface area contributed by atoms with Gasteiger partial charge in [-0.25, -0.2) is 0 Å². The second-order valence-electron chi connectivity index (χ2n) is 4.73. The maximum atomic E-state index is 9.99. The molecule has 17 heavy (non-hydrogen) atoms. The van der Waals surface area contributed by atoms with E-state index in [1.54, 1.807) is 0 Å². The Hall–Kier alpha value is -0.390. The molecule has 0 bridgehead atoms. The fraction of sp³-hybridized carbons (Fsp3) is 0.750. The Bertz CT molecular complexity index is 387. The molecule has 1 aliphatic carbocycles. The number of hydrogen-bond donors (Lipinski definition) is 2. The molecule has 0 saturated heterocycles. The second-order valence-corrected chi connectivity index (χ2v) is 5.52. The maximum absolute atomic E-state index is 9.99. The monoisotopic (exact) mass is 301 g/mol. The molecule has 1 aromatic rings. The molecule has 0 radical (unpaired) electrons. The molecule has 4 nitrogen and oxygen atoms in total. The number of halogens is 1. The predicted octanol–water partition coefficient (Wildman–Crippen LogP) is 1.40. The van der Waals surface area contributed by atoms with Crippen molar-refractivity contribution in [2.45, 2.75) is 44.8 Å². The van der Waals surface area contributed by atoms with Gasteiger partial charge < -0.3 is 10.4 Å². The highest BCUT2D eigenvalue weighted by Crippen LogP contribution is 2.23. The van der Waals surface area contributed by atoms with Crippen LogP contribution in [0.25, 0.3) is 0 Å². The van der Waals surface area contributed by atoms with Gasteiger partial charge in [0.15, 0.2) is 0 Å². The lowest BCUT2D eigenvalue weighted by atomic mass is 10.1. The van der Waals surface area contributed by atoms with Gasteiger partial charge in [-0.3, -0.25) is 4.68 Å². The predicted molar refractivity (Wildman–Crippen MR) is 71.0 cm³/mol. The standard InChI is InChI=1S/C12H20BrN3O/c1-3-10-12(13)11(16(2)15-10)6-9(17)7-14-8-4-5-8/h8-9,14,17H,3-7H2,1-2H3.